The highest BCUT2D eigenvalue weighted by Crippen LogP contribution is 2.36. The summed E-state index contributed by atoms with van der Waals surface area (Å²) in [6, 6.07) is 12.7. The molecule has 8 nitrogen and oxygen atoms in total. The number of halogens is 1. The molecule has 0 amide bonds. The predicted octanol–water partition coefficient (Wildman–Crippen LogP) is 4.18. The molecular formula is C27H29BrN6O2. The van der Waals surface area contributed by atoms with Crippen molar-refractivity contribution in [1.29, 1.82) is 0 Å². The first-order chi connectivity index (χ1) is 17.6. The fourth-order valence-corrected chi connectivity index (χ4v) is 6.46. The van der Waals surface area contributed by atoms with Crippen molar-refractivity contribution in [2.24, 2.45) is 5.92 Å². The molecule has 1 atom stereocenters. The Bertz CT molecular complexity index is 1500. The van der Waals surface area contributed by atoms with Crippen LogP contribution in [0.15, 0.2) is 45.7 Å². The van der Waals surface area contributed by atoms with E-state index in [1.54, 1.807) is 0 Å². The Morgan fingerprint density at radius 1 is 1.00 bits per heavy atom. The summed E-state index contributed by atoms with van der Waals surface area (Å²) in [7, 11) is 0. The normalized spacial score (nSPS) is 24.0. The first-order valence-corrected chi connectivity index (χ1v) is 13.6. The van der Waals surface area contributed by atoms with E-state index in [1.165, 1.54) is 25.9 Å². The van der Waals surface area contributed by atoms with Gasteiger partial charge in [-0.05, 0) is 68.2 Å². The number of piperidine rings is 3. The minimum absolute atomic E-state index is 0.142. The second-order valence-electron chi connectivity index (χ2n) is 10.2. The van der Waals surface area contributed by atoms with Gasteiger partial charge in [0.1, 0.15) is 11.4 Å². The van der Waals surface area contributed by atoms with Gasteiger partial charge in [0.2, 0.25) is 0 Å². The molecule has 4 saturated heterocycles. The molecule has 4 aliphatic rings. The number of morpholine rings is 1. The van der Waals surface area contributed by atoms with Gasteiger partial charge in [0.15, 0.2) is 0 Å². The molecule has 6 heterocycles. The van der Waals surface area contributed by atoms with E-state index in [0.717, 1.165) is 70.6 Å². The van der Waals surface area contributed by atoms with Crippen molar-refractivity contribution >= 4 is 49.2 Å². The number of benzene rings is 2. The summed E-state index contributed by atoms with van der Waals surface area (Å²) < 4.78 is 6.44. The van der Waals surface area contributed by atoms with Crippen LogP contribution in [-0.2, 0) is 4.74 Å². The van der Waals surface area contributed by atoms with E-state index in [2.05, 4.69) is 59.2 Å². The number of aromatic amines is 2. The van der Waals surface area contributed by atoms with E-state index in [-0.39, 0.29) is 5.56 Å². The van der Waals surface area contributed by atoms with Crippen molar-refractivity contribution in [1.82, 2.24) is 19.9 Å². The molecule has 2 bridgehead atoms. The van der Waals surface area contributed by atoms with Gasteiger partial charge in [-0.25, -0.2) is 4.98 Å². The summed E-state index contributed by atoms with van der Waals surface area (Å²) in [5.74, 6) is 1.22. The van der Waals surface area contributed by atoms with E-state index in [4.69, 9.17) is 9.72 Å². The lowest BCUT2D eigenvalue weighted by molar-refractivity contribution is 0.0976. The minimum Gasteiger partial charge on any atom is -0.379 e. The van der Waals surface area contributed by atoms with Crippen LogP contribution in [0.25, 0.3) is 33.3 Å². The molecule has 4 fully saturated rings. The van der Waals surface area contributed by atoms with E-state index < -0.39 is 0 Å². The number of ether oxygens (including phenoxy) is 1. The summed E-state index contributed by atoms with van der Waals surface area (Å²) in [6.07, 6.45) is 2.41. The maximum Gasteiger partial charge on any atom is 0.261 e. The van der Waals surface area contributed by atoms with Crippen LogP contribution in [0.2, 0.25) is 0 Å². The van der Waals surface area contributed by atoms with Gasteiger partial charge in [0.25, 0.3) is 5.56 Å². The van der Waals surface area contributed by atoms with E-state index in [1.807, 2.05) is 18.2 Å². The lowest BCUT2D eigenvalue weighted by Gasteiger charge is -2.45. The van der Waals surface area contributed by atoms with Crippen LogP contribution < -0.4 is 15.8 Å². The SMILES string of the molecule is O=c1[nH]c2cc(Br)ccc2c(N[C@H]2CN3CCC2CC3)c1-c1nc2ccc(N3CCOCC3)cc2[nH]1. The molecule has 3 N–H and O–H groups in total. The number of H-pyrrole nitrogens is 2. The molecule has 4 aliphatic heterocycles. The van der Waals surface area contributed by atoms with Crippen molar-refractivity contribution in [3.05, 3.63) is 51.2 Å². The molecule has 0 saturated carbocycles. The molecule has 36 heavy (non-hydrogen) atoms. The molecule has 0 aliphatic carbocycles. The summed E-state index contributed by atoms with van der Waals surface area (Å²) in [5, 5.41) is 4.83. The zero-order valence-electron chi connectivity index (χ0n) is 20.0. The Labute approximate surface area is 217 Å². The highest BCUT2D eigenvalue weighted by molar-refractivity contribution is 9.10. The number of fused-ring (bicyclic) bond motifs is 5. The minimum atomic E-state index is -0.142. The zero-order chi connectivity index (χ0) is 24.2. The molecule has 186 valence electrons. The van der Waals surface area contributed by atoms with Crippen LogP contribution in [0.3, 0.4) is 0 Å². The largest absolute Gasteiger partial charge is 0.379 e. The van der Waals surface area contributed by atoms with Crippen LogP contribution in [-0.4, -0.2) is 71.8 Å². The molecule has 0 radical (unpaired) electrons. The van der Waals surface area contributed by atoms with Crippen LogP contribution in [0.5, 0.6) is 0 Å². The number of hydrogen-bond donors (Lipinski definition) is 3. The number of pyridine rings is 1. The summed E-state index contributed by atoms with van der Waals surface area (Å²) >= 11 is 3.55. The molecular weight excluding hydrogens is 520 g/mol. The average Bonchev–Trinajstić information content (AvgIpc) is 3.32. The molecule has 2 aromatic heterocycles. The van der Waals surface area contributed by atoms with Crippen molar-refractivity contribution < 1.29 is 4.74 Å². The Balaban J connectivity index is 1.34. The molecule has 4 aromatic rings. The standard InChI is InChI=1S/C27H29BrN6O2/c28-17-1-3-19-21(13-17)32-27(35)24(25(19)29-23-15-33-7-5-16(23)6-8-33)26-30-20-4-2-18(14-22(20)31-26)34-9-11-36-12-10-34/h1-4,13-14,16,23H,5-12,15H2,(H,30,31)(H2,29,32,35)/t23-/m0/s1. The second kappa shape index (κ2) is 8.90. The summed E-state index contributed by atoms with van der Waals surface area (Å²) in [5.41, 5.74) is 5.04. The van der Waals surface area contributed by atoms with E-state index >= 15 is 0 Å². The number of imidazole rings is 1. The smallest absolute Gasteiger partial charge is 0.261 e. The van der Waals surface area contributed by atoms with Gasteiger partial charge in [0, 0.05) is 41.2 Å². The van der Waals surface area contributed by atoms with Gasteiger partial charge >= 0.3 is 0 Å². The first kappa shape index (κ1) is 22.3. The fourth-order valence-electron chi connectivity index (χ4n) is 6.10. The molecule has 8 rings (SSSR count). The zero-order valence-corrected chi connectivity index (χ0v) is 21.6. The maximum atomic E-state index is 13.6. The van der Waals surface area contributed by atoms with E-state index in [0.29, 0.717) is 23.3 Å². The Morgan fingerprint density at radius 3 is 2.61 bits per heavy atom. The Morgan fingerprint density at radius 2 is 1.83 bits per heavy atom. The first-order valence-electron chi connectivity index (χ1n) is 12.8. The number of aromatic nitrogens is 3. The third-order valence-corrected chi connectivity index (χ3v) is 8.53. The fraction of sp³-hybridized carbons (Fsp3) is 0.407. The molecule has 0 spiro atoms. The monoisotopic (exact) mass is 548 g/mol. The number of hydrogen-bond acceptors (Lipinski definition) is 6. The highest BCUT2D eigenvalue weighted by Gasteiger charge is 2.35. The van der Waals surface area contributed by atoms with Gasteiger partial charge < -0.3 is 29.8 Å². The van der Waals surface area contributed by atoms with Gasteiger partial charge in [0.05, 0.1) is 35.5 Å². The second-order valence-corrected chi connectivity index (χ2v) is 11.1. The maximum absolute atomic E-state index is 13.6. The van der Waals surface area contributed by atoms with Crippen molar-refractivity contribution in [3.63, 3.8) is 0 Å². The van der Waals surface area contributed by atoms with Gasteiger partial charge in [-0.2, -0.15) is 0 Å². The number of nitrogens with zero attached hydrogens (tertiary/aromatic N) is 3. The van der Waals surface area contributed by atoms with Crippen molar-refractivity contribution in [2.75, 3.05) is 56.2 Å². The predicted molar refractivity (Wildman–Crippen MR) is 147 cm³/mol. The van der Waals surface area contributed by atoms with Crippen LogP contribution in [0, 0.1) is 5.92 Å². The third-order valence-electron chi connectivity index (χ3n) is 8.04. The summed E-state index contributed by atoms with van der Waals surface area (Å²) in [4.78, 5) is 29.9. The molecule has 2 aromatic carbocycles. The summed E-state index contributed by atoms with van der Waals surface area (Å²) in [6.45, 7) is 6.59. The average molecular weight is 549 g/mol. The third kappa shape index (κ3) is 3.90. The lowest BCUT2D eigenvalue weighted by Crippen LogP contribution is -2.53. The molecule has 9 heteroatoms. The van der Waals surface area contributed by atoms with Gasteiger partial charge in [-0.1, -0.05) is 15.9 Å². The van der Waals surface area contributed by atoms with Crippen LogP contribution in [0.4, 0.5) is 11.4 Å². The van der Waals surface area contributed by atoms with Gasteiger partial charge in [-0.3, -0.25) is 4.79 Å². The quantitative estimate of drug-likeness (QED) is 0.354. The van der Waals surface area contributed by atoms with E-state index in [9.17, 15) is 4.79 Å². The number of rotatable bonds is 4. The Hall–Kier alpha value is -2.88. The van der Waals surface area contributed by atoms with Crippen molar-refractivity contribution in [3.8, 4) is 11.4 Å². The molecule has 0 unspecified atom stereocenters. The highest BCUT2D eigenvalue weighted by atomic mass is 79.9. The van der Waals surface area contributed by atoms with Crippen LogP contribution in [0.1, 0.15) is 12.8 Å². The van der Waals surface area contributed by atoms with Crippen LogP contribution >= 0.6 is 15.9 Å². The number of nitrogens with one attached hydrogen (secondary N) is 3. The van der Waals surface area contributed by atoms with Crippen molar-refractivity contribution in [2.45, 2.75) is 18.9 Å². The topological polar surface area (TPSA) is 89.3 Å². The Kier molecular flexibility index (Phi) is 5.52. The lowest BCUT2D eigenvalue weighted by atomic mass is 9.83. The van der Waals surface area contributed by atoms with Gasteiger partial charge in [-0.15, -0.1) is 0 Å². The number of anilines is 2.